The van der Waals surface area contributed by atoms with Crippen LogP contribution in [0.1, 0.15) is 15.9 Å². The lowest BCUT2D eigenvalue weighted by Gasteiger charge is -2.12. The molecule has 0 atom stereocenters. The number of rotatable bonds is 8. The minimum absolute atomic E-state index is 0.0226. The maximum Gasteiger partial charge on any atom is 0.268 e. The summed E-state index contributed by atoms with van der Waals surface area (Å²) in [6.45, 7) is 0.0879. The molecule has 164 valence electrons. The second-order valence-electron chi connectivity index (χ2n) is 6.70. The van der Waals surface area contributed by atoms with Gasteiger partial charge in [-0.05, 0) is 49.0 Å². The third-order valence-corrected chi connectivity index (χ3v) is 6.15. The summed E-state index contributed by atoms with van der Waals surface area (Å²) in [4.78, 5) is 12.0. The van der Waals surface area contributed by atoms with Gasteiger partial charge in [-0.15, -0.1) is 0 Å². The molecule has 2 aromatic carbocycles. The first-order valence-electron chi connectivity index (χ1n) is 9.34. The molecule has 0 aliphatic heterocycles. The van der Waals surface area contributed by atoms with Crippen LogP contribution in [0.2, 0.25) is 0 Å². The van der Waals surface area contributed by atoms with E-state index in [1.807, 2.05) is 0 Å². The summed E-state index contributed by atoms with van der Waals surface area (Å²) in [6.07, 6.45) is 1.35. The number of benzene rings is 2. The normalized spacial score (nSPS) is 11.5. The number of hydrogen-bond donors (Lipinski definition) is 3. The highest BCUT2D eigenvalue weighted by Gasteiger charge is 2.24. The molecule has 0 unspecified atom stereocenters. The largest absolute Gasteiger partial charge is 0.395 e. The zero-order valence-electron chi connectivity index (χ0n) is 16.6. The van der Waals surface area contributed by atoms with Gasteiger partial charge < -0.3 is 15.7 Å². The summed E-state index contributed by atoms with van der Waals surface area (Å²) in [7, 11) is -2.54. The third-order valence-electron chi connectivity index (χ3n) is 4.48. The van der Waals surface area contributed by atoms with Gasteiger partial charge in [-0.25, -0.2) is 21.2 Å². The van der Waals surface area contributed by atoms with E-state index in [4.69, 9.17) is 5.11 Å². The van der Waals surface area contributed by atoms with Gasteiger partial charge in [0, 0.05) is 36.5 Å². The number of nitrogens with one attached hydrogen (secondary N) is 2. The second kappa shape index (κ2) is 9.38. The molecule has 3 aromatic rings. The molecule has 1 aromatic heterocycles. The van der Waals surface area contributed by atoms with Gasteiger partial charge in [0.2, 0.25) is 0 Å². The highest BCUT2D eigenvalue weighted by molar-refractivity contribution is 7.90. The Kier molecular flexibility index (Phi) is 6.84. The SMILES string of the molecule is CNCc1cc(-c2ccc(F)cc2F)n(S(=O)(=O)c2cccc(C(=O)NCCO)c2)c1. The van der Waals surface area contributed by atoms with Crippen LogP contribution in [0.4, 0.5) is 8.78 Å². The van der Waals surface area contributed by atoms with Gasteiger partial charge in [0.15, 0.2) is 0 Å². The molecule has 3 N–H and O–H groups in total. The summed E-state index contributed by atoms with van der Waals surface area (Å²) < 4.78 is 55.5. The molecule has 0 aliphatic carbocycles. The maximum atomic E-state index is 14.5. The van der Waals surface area contributed by atoms with Crippen molar-refractivity contribution in [2.24, 2.45) is 0 Å². The van der Waals surface area contributed by atoms with E-state index in [1.54, 1.807) is 7.05 Å². The number of carbonyl (C=O) groups excluding carboxylic acids is 1. The summed E-state index contributed by atoms with van der Waals surface area (Å²) in [5.41, 5.74) is 0.607. The number of aliphatic hydroxyl groups excluding tert-OH is 1. The van der Waals surface area contributed by atoms with Crippen LogP contribution < -0.4 is 10.6 Å². The lowest BCUT2D eigenvalue weighted by atomic mass is 10.1. The van der Waals surface area contributed by atoms with Crippen molar-refractivity contribution in [2.45, 2.75) is 11.4 Å². The Bertz CT molecular complexity index is 1210. The van der Waals surface area contributed by atoms with Gasteiger partial charge in [0.25, 0.3) is 15.9 Å². The van der Waals surface area contributed by atoms with Gasteiger partial charge in [-0.3, -0.25) is 4.79 Å². The first-order valence-corrected chi connectivity index (χ1v) is 10.8. The van der Waals surface area contributed by atoms with Crippen molar-refractivity contribution in [1.82, 2.24) is 14.6 Å². The Morgan fingerprint density at radius 3 is 2.58 bits per heavy atom. The fraction of sp³-hybridized carbons (Fsp3) is 0.190. The van der Waals surface area contributed by atoms with E-state index in [1.165, 1.54) is 42.6 Å². The van der Waals surface area contributed by atoms with E-state index in [2.05, 4.69) is 10.6 Å². The number of aromatic nitrogens is 1. The topological polar surface area (TPSA) is 100 Å². The highest BCUT2D eigenvalue weighted by Crippen LogP contribution is 2.29. The predicted molar refractivity (Wildman–Crippen MR) is 111 cm³/mol. The molecule has 0 radical (unpaired) electrons. The first kappa shape index (κ1) is 22.6. The molecule has 0 saturated heterocycles. The van der Waals surface area contributed by atoms with Crippen LogP contribution >= 0.6 is 0 Å². The number of aliphatic hydroxyl groups is 1. The quantitative estimate of drug-likeness (QED) is 0.489. The minimum atomic E-state index is -4.22. The zero-order valence-corrected chi connectivity index (χ0v) is 17.4. The average molecular weight is 449 g/mol. The molecule has 0 spiro atoms. The molecule has 1 heterocycles. The Morgan fingerprint density at radius 1 is 1.13 bits per heavy atom. The summed E-state index contributed by atoms with van der Waals surface area (Å²) in [5, 5.41) is 14.2. The molecule has 0 aliphatic rings. The van der Waals surface area contributed by atoms with Crippen molar-refractivity contribution >= 4 is 15.9 Å². The number of hydrogen-bond acceptors (Lipinski definition) is 5. The molecule has 0 saturated carbocycles. The maximum absolute atomic E-state index is 14.5. The summed E-state index contributed by atoms with van der Waals surface area (Å²) in [5.74, 6) is -2.22. The van der Waals surface area contributed by atoms with Crippen molar-refractivity contribution < 1.29 is 27.1 Å². The van der Waals surface area contributed by atoms with Gasteiger partial charge in [0.05, 0.1) is 17.2 Å². The monoisotopic (exact) mass is 449 g/mol. The molecule has 0 fully saturated rings. The second-order valence-corrected chi connectivity index (χ2v) is 8.51. The Balaban J connectivity index is 2.12. The van der Waals surface area contributed by atoms with E-state index in [9.17, 15) is 22.0 Å². The Hall–Kier alpha value is -3.08. The fourth-order valence-corrected chi connectivity index (χ4v) is 4.51. The van der Waals surface area contributed by atoms with Crippen LogP contribution in [-0.2, 0) is 16.6 Å². The fourth-order valence-electron chi connectivity index (χ4n) is 3.07. The molecule has 1 amide bonds. The van der Waals surface area contributed by atoms with Crippen LogP contribution in [0, 0.1) is 11.6 Å². The molecular formula is C21H21F2N3O4S. The number of nitrogens with zero attached hydrogens (tertiary/aromatic N) is 1. The lowest BCUT2D eigenvalue weighted by molar-refractivity contribution is 0.0944. The van der Waals surface area contributed by atoms with Crippen LogP contribution in [0.15, 0.2) is 59.6 Å². The van der Waals surface area contributed by atoms with Crippen LogP contribution in [0.3, 0.4) is 0 Å². The first-order chi connectivity index (χ1) is 14.8. The van der Waals surface area contributed by atoms with E-state index < -0.39 is 27.6 Å². The predicted octanol–water partition coefficient (Wildman–Crippen LogP) is 2.11. The number of carbonyl (C=O) groups is 1. The van der Waals surface area contributed by atoms with Gasteiger partial charge in [0.1, 0.15) is 11.6 Å². The molecule has 31 heavy (non-hydrogen) atoms. The number of amides is 1. The standard InChI is InChI=1S/C21H21F2N3O4S/c1-24-12-14-9-20(18-6-5-16(22)11-19(18)23)26(13-14)31(29,30)17-4-2-3-15(10-17)21(28)25-7-8-27/h2-6,9-11,13,24,27H,7-8,12H2,1H3,(H,25,28). The van der Waals surface area contributed by atoms with E-state index >= 15 is 0 Å². The van der Waals surface area contributed by atoms with Crippen molar-refractivity contribution in [1.29, 1.82) is 0 Å². The van der Waals surface area contributed by atoms with E-state index in [0.717, 1.165) is 10.0 Å². The third kappa shape index (κ3) is 4.82. The van der Waals surface area contributed by atoms with Crippen molar-refractivity contribution in [3.63, 3.8) is 0 Å². The van der Waals surface area contributed by atoms with E-state index in [0.29, 0.717) is 18.2 Å². The summed E-state index contributed by atoms with van der Waals surface area (Å²) >= 11 is 0. The molecule has 10 heteroatoms. The van der Waals surface area contributed by atoms with Crippen molar-refractivity contribution in [3.05, 3.63) is 77.5 Å². The van der Waals surface area contributed by atoms with Gasteiger partial charge >= 0.3 is 0 Å². The number of halogens is 2. The van der Waals surface area contributed by atoms with Crippen LogP contribution in [0.25, 0.3) is 11.3 Å². The summed E-state index contributed by atoms with van der Waals surface area (Å²) in [6, 6.07) is 9.78. The Morgan fingerprint density at radius 2 is 1.90 bits per heavy atom. The van der Waals surface area contributed by atoms with Crippen molar-refractivity contribution in [2.75, 3.05) is 20.2 Å². The van der Waals surface area contributed by atoms with Crippen LogP contribution in [0.5, 0.6) is 0 Å². The molecule has 7 nitrogen and oxygen atoms in total. The van der Waals surface area contributed by atoms with Gasteiger partial charge in [-0.1, -0.05) is 6.07 Å². The van der Waals surface area contributed by atoms with Crippen molar-refractivity contribution in [3.8, 4) is 11.3 Å². The van der Waals surface area contributed by atoms with E-state index in [-0.39, 0.29) is 34.9 Å². The zero-order chi connectivity index (χ0) is 22.6. The van der Waals surface area contributed by atoms with Gasteiger partial charge in [-0.2, -0.15) is 0 Å². The molecule has 3 rings (SSSR count). The average Bonchev–Trinajstić information content (AvgIpc) is 3.17. The lowest BCUT2D eigenvalue weighted by Crippen LogP contribution is -2.26. The highest BCUT2D eigenvalue weighted by atomic mass is 32.2. The smallest absolute Gasteiger partial charge is 0.268 e. The Labute approximate surface area is 178 Å². The minimum Gasteiger partial charge on any atom is -0.395 e. The van der Waals surface area contributed by atoms with Crippen LogP contribution in [-0.4, -0.2) is 43.6 Å². The molecular weight excluding hydrogens is 428 g/mol. The molecule has 0 bridgehead atoms.